The van der Waals surface area contributed by atoms with Crippen LogP contribution in [-0.2, 0) is 17.5 Å². The van der Waals surface area contributed by atoms with Crippen molar-refractivity contribution in [3.8, 4) is 0 Å². The van der Waals surface area contributed by atoms with E-state index in [0.717, 1.165) is 17.7 Å². The minimum atomic E-state index is -4.47. The van der Waals surface area contributed by atoms with E-state index in [4.69, 9.17) is 0 Å². The summed E-state index contributed by atoms with van der Waals surface area (Å²) < 4.78 is 52.9. The van der Waals surface area contributed by atoms with Gasteiger partial charge in [0.15, 0.2) is 0 Å². The van der Waals surface area contributed by atoms with Crippen LogP contribution in [0.25, 0.3) is 0 Å². The fourth-order valence-corrected chi connectivity index (χ4v) is 4.57. The molecule has 1 saturated heterocycles. The molecule has 0 spiro atoms. The second-order valence-corrected chi connectivity index (χ2v) is 9.13. The van der Waals surface area contributed by atoms with E-state index in [1.165, 1.54) is 18.2 Å². The number of likely N-dealkylation sites (tertiary alicyclic amines) is 1. The molecule has 2 amide bonds. The molecule has 36 heavy (non-hydrogen) atoms. The zero-order valence-electron chi connectivity index (χ0n) is 19.7. The van der Waals surface area contributed by atoms with Crippen molar-refractivity contribution in [1.29, 1.82) is 0 Å². The second kappa shape index (κ2) is 10.5. The number of carbonyl (C=O) groups excluding carboxylic acids is 2. The van der Waals surface area contributed by atoms with Gasteiger partial charge < -0.3 is 10.2 Å². The van der Waals surface area contributed by atoms with Crippen LogP contribution in [0.3, 0.4) is 0 Å². The number of nitrogens with one attached hydrogen (secondary N) is 1. The monoisotopic (exact) mass is 498 g/mol. The first-order chi connectivity index (χ1) is 17.1. The zero-order valence-corrected chi connectivity index (χ0v) is 19.7. The lowest BCUT2D eigenvalue weighted by molar-refractivity contribution is -0.137. The standard InChI is InChI=1S/C28H26F4N2O2/c1-18-12-21(10-11-25(18)29)22-14-23(17-34(16-22)27(36)20-7-3-2-4-8-20)26(35)33-15-19-6-5-9-24(13-19)28(30,31)32/h2-13,22-23H,14-17H2,1H3,(H,33,35)/t22-,23+/m1/s1. The molecule has 0 unspecified atom stereocenters. The first kappa shape index (κ1) is 25.4. The van der Waals surface area contributed by atoms with Gasteiger partial charge in [0.25, 0.3) is 5.91 Å². The molecule has 1 N–H and O–H groups in total. The van der Waals surface area contributed by atoms with Crippen LogP contribution in [0.15, 0.2) is 72.8 Å². The normalized spacial score (nSPS) is 18.1. The molecule has 1 aliphatic heterocycles. The van der Waals surface area contributed by atoms with Gasteiger partial charge in [0.1, 0.15) is 5.82 Å². The summed E-state index contributed by atoms with van der Waals surface area (Å²) in [6, 6.07) is 18.3. The third-order valence-corrected chi connectivity index (χ3v) is 6.50. The Morgan fingerprint density at radius 2 is 1.72 bits per heavy atom. The number of aryl methyl sites for hydroxylation is 1. The first-order valence-electron chi connectivity index (χ1n) is 11.7. The van der Waals surface area contributed by atoms with Crippen LogP contribution in [0.1, 0.15) is 45.0 Å². The molecule has 2 atom stereocenters. The lowest BCUT2D eigenvalue weighted by Gasteiger charge is -2.37. The minimum absolute atomic E-state index is 0.0633. The van der Waals surface area contributed by atoms with Crippen molar-refractivity contribution < 1.29 is 27.2 Å². The van der Waals surface area contributed by atoms with Gasteiger partial charge in [-0.2, -0.15) is 13.2 Å². The summed E-state index contributed by atoms with van der Waals surface area (Å²) >= 11 is 0. The number of nitrogens with zero attached hydrogens (tertiary/aromatic N) is 1. The van der Waals surface area contributed by atoms with Crippen LogP contribution >= 0.6 is 0 Å². The van der Waals surface area contributed by atoms with Gasteiger partial charge in [-0.3, -0.25) is 9.59 Å². The Morgan fingerprint density at radius 3 is 2.42 bits per heavy atom. The van der Waals surface area contributed by atoms with Gasteiger partial charge in [-0.15, -0.1) is 0 Å². The lowest BCUT2D eigenvalue weighted by Crippen LogP contribution is -2.48. The van der Waals surface area contributed by atoms with E-state index < -0.39 is 17.7 Å². The van der Waals surface area contributed by atoms with Gasteiger partial charge in [-0.05, 0) is 60.4 Å². The van der Waals surface area contributed by atoms with Crippen molar-refractivity contribution in [3.63, 3.8) is 0 Å². The first-order valence-corrected chi connectivity index (χ1v) is 11.7. The predicted molar refractivity (Wildman–Crippen MR) is 128 cm³/mol. The van der Waals surface area contributed by atoms with Gasteiger partial charge in [-0.25, -0.2) is 4.39 Å². The van der Waals surface area contributed by atoms with Crippen molar-refractivity contribution in [2.75, 3.05) is 13.1 Å². The zero-order chi connectivity index (χ0) is 25.9. The van der Waals surface area contributed by atoms with Crippen molar-refractivity contribution in [1.82, 2.24) is 10.2 Å². The Bertz CT molecular complexity index is 1240. The Hall–Kier alpha value is -3.68. The molecule has 3 aromatic carbocycles. The molecule has 0 aromatic heterocycles. The molecule has 1 aliphatic rings. The summed E-state index contributed by atoms with van der Waals surface area (Å²) in [7, 11) is 0. The van der Waals surface area contributed by atoms with Crippen LogP contribution in [0.4, 0.5) is 17.6 Å². The highest BCUT2D eigenvalue weighted by Crippen LogP contribution is 2.33. The number of hydrogen-bond donors (Lipinski definition) is 1. The van der Waals surface area contributed by atoms with Crippen molar-refractivity contribution >= 4 is 11.8 Å². The fraction of sp³-hybridized carbons (Fsp3) is 0.286. The average Bonchev–Trinajstić information content (AvgIpc) is 2.88. The van der Waals surface area contributed by atoms with E-state index in [1.54, 1.807) is 54.3 Å². The Kier molecular flexibility index (Phi) is 7.43. The number of piperidine rings is 1. The van der Waals surface area contributed by atoms with Crippen molar-refractivity contribution in [2.24, 2.45) is 5.92 Å². The molecular formula is C28H26F4N2O2. The second-order valence-electron chi connectivity index (χ2n) is 9.13. The quantitative estimate of drug-likeness (QED) is 0.458. The van der Waals surface area contributed by atoms with Gasteiger partial charge in [0.2, 0.25) is 5.91 Å². The Labute approximate surface area is 206 Å². The van der Waals surface area contributed by atoms with Gasteiger partial charge in [0.05, 0.1) is 11.5 Å². The molecule has 4 nitrogen and oxygen atoms in total. The van der Waals surface area contributed by atoms with Gasteiger partial charge in [0, 0.05) is 31.1 Å². The highest BCUT2D eigenvalue weighted by Gasteiger charge is 2.35. The topological polar surface area (TPSA) is 49.4 Å². The molecule has 1 heterocycles. The summed E-state index contributed by atoms with van der Waals surface area (Å²) in [6.45, 7) is 2.15. The number of carbonyl (C=O) groups is 2. The van der Waals surface area contributed by atoms with Crippen LogP contribution in [0.5, 0.6) is 0 Å². The Morgan fingerprint density at radius 1 is 0.972 bits per heavy atom. The van der Waals surface area contributed by atoms with Crippen LogP contribution in [-0.4, -0.2) is 29.8 Å². The molecule has 0 bridgehead atoms. The molecule has 4 rings (SSSR count). The predicted octanol–water partition coefficient (Wildman–Crippen LogP) is 5.72. The molecule has 1 fully saturated rings. The van der Waals surface area contributed by atoms with Crippen LogP contribution in [0, 0.1) is 18.7 Å². The minimum Gasteiger partial charge on any atom is -0.352 e. The van der Waals surface area contributed by atoms with E-state index >= 15 is 0 Å². The third-order valence-electron chi connectivity index (χ3n) is 6.50. The maximum atomic E-state index is 13.9. The van der Waals surface area contributed by atoms with E-state index in [1.807, 2.05) is 0 Å². The van der Waals surface area contributed by atoms with E-state index in [-0.39, 0.29) is 36.6 Å². The molecule has 0 saturated carbocycles. The number of hydrogen-bond acceptors (Lipinski definition) is 2. The molecule has 0 aliphatic carbocycles. The maximum Gasteiger partial charge on any atom is 0.416 e. The van der Waals surface area contributed by atoms with E-state index in [9.17, 15) is 27.2 Å². The van der Waals surface area contributed by atoms with E-state index in [0.29, 0.717) is 29.7 Å². The van der Waals surface area contributed by atoms with Crippen molar-refractivity contribution in [3.05, 3.63) is 106 Å². The summed E-state index contributed by atoms with van der Waals surface area (Å²) in [5, 5.41) is 2.73. The van der Waals surface area contributed by atoms with Crippen LogP contribution < -0.4 is 5.32 Å². The summed E-state index contributed by atoms with van der Waals surface area (Å²) in [6.07, 6.45) is -4.04. The average molecular weight is 499 g/mol. The smallest absolute Gasteiger partial charge is 0.352 e. The molecule has 3 aromatic rings. The molecular weight excluding hydrogens is 472 g/mol. The number of rotatable bonds is 5. The molecule has 188 valence electrons. The molecule has 8 heteroatoms. The highest BCUT2D eigenvalue weighted by molar-refractivity contribution is 5.94. The summed E-state index contributed by atoms with van der Waals surface area (Å²) in [4.78, 5) is 28.0. The number of benzene rings is 3. The number of alkyl halides is 3. The van der Waals surface area contributed by atoms with Gasteiger partial charge in [-0.1, -0.05) is 42.5 Å². The largest absolute Gasteiger partial charge is 0.416 e. The number of halogens is 4. The number of amides is 2. The van der Waals surface area contributed by atoms with Crippen LogP contribution in [0.2, 0.25) is 0 Å². The maximum absolute atomic E-state index is 13.9. The Balaban J connectivity index is 1.53. The summed E-state index contributed by atoms with van der Waals surface area (Å²) in [5.41, 5.74) is 1.35. The highest BCUT2D eigenvalue weighted by atomic mass is 19.4. The van der Waals surface area contributed by atoms with Gasteiger partial charge >= 0.3 is 6.18 Å². The fourth-order valence-electron chi connectivity index (χ4n) is 4.57. The van der Waals surface area contributed by atoms with E-state index in [2.05, 4.69) is 5.32 Å². The summed E-state index contributed by atoms with van der Waals surface area (Å²) in [5.74, 6) is -1.67. The SMILES string of the molecule is Cc1cc([C@@H]2C[C@H](C(=O)NCc3cccc(C(F)(F)F)c3)CN(C(=O)c3ccccc3)C2)ccc1F. The van der Waals surface area contributed by atoms with Crippen molar-refractivity contribution in [2.45, 2.75) is 32.0 Å². The lowest BCUT2D eigenvalue weighted by atomic mass is 9.83. The molecule has 0 radical (unpaired) electrons. The third kappa shape index (κ3) is 5.93.